The number of fused-ring (bicyclic) bond motifs is 1. The summed E-state index contributed by atoms with van der Waals surface area (Å²) in [5, 5.41) is 5.08. The third kappa shape index (κ3) is 4.19. The van der Waals surface area contributed by atoms with Gasteiger partial charge >= 0.3 is 5.97 Å². The number of nitrogens with one attached hydrogen (secondary N) is 1. The fourth-order valence-electron chi connectivity index (χ4n) is 3.43. The smallest absolute Gasteiger partial charge is 0.338 e. The Morgan fingerprint density at radius 2 is 1.80 bits per heavy atom. The Morgan fingerprint density at radius 3 is 2.56 bits per heavy atom. The summed E-state index contributed by atoms with van der Waals surface area (Å²) >= 11 is 0. The van der Waals surface area contributed by atoms with Crippen LogP contribution in [0, 0.1) is 5.92 Å². The molecule has 0 radical (unpaired) electrons. The van der Waals surface area contributed by atoms with Crippen LogP contribution in [0.15, 0.2) is 42.5 Å². The van der Waals surface area contributed by atoms with E-state index in [4.69, 9.17) is 4.74 Å². The van der Waals surface area contributed by atoms with Crippen LogP contribution < -0.4 is 5.32 Å². The zero-order chi connectivity index (χ0) is 17.8. The molecule has 1 aliphatic rings. The second kappa shape index (κ2) is 7.68. The van der Waals surface area contributed by atoms with E-state index >= 15 is 0 Å². The van der Waals surface area contributed by atoms with Gasteiger partial charge in [0.15, 0.2) is 6.10 Å². The zero-order valence-electron chi connectivity index (χ0n) is 14.8. The summed E-state index contributed by atoms with van der Waals surface area (Å²) in [6, 6.07) is 13.4. The number of ether oxygens (including phenoxy) is 1. The molecule has 0 bridgehead atoms. The third-order valence-electron chi connectivity index (χ3n) is 5.08. The summed E-state index contributed by atoms with van der Waals surface area (Å²) in [6.07, 6.45) is 3.70. The lowest BCUT2D eigenvalue weighted by molar-refractivity contribution is -0.130. The van der Waals surface area contributed by atoms with Gasteiger partial charge < -0.3 is 10.1 Å². The Kier molecular flexibility index (Phi) is 5.37. The van der Waals surface area contributed by atoms with Gasteiger partial charge in [0.2, 0.25) is 0 Å². The Labute approximate surface area is 148 Å². The molecule has 0 aliphatic heterocycles. The molecule has 4 heteroatoms. The highest BCUT2D eigenvalue weighted by Crippen LogP contribution is 2.24. The molecule has 3 atom stereocenters. The number of carbonyl (C=O) groups is 2. The predicted octanol–water partition coefficient (Wildman–Crippen LogP) is 4.08. The highest BCUT2D eigenvalue weighted by atomic mass is 16.5. The van der Waals surface area contributed by atoms with Crippen molar-refractivity contribution in [3.63, 3.8) is 0 Å². The lowest BCUT2D eigenvalue weighted by Gasteiger charge is -2.30. The molecule has 1 fully saturated rings. The molecule has 0 unspecified atom stereocenters. The first-order chi connectivity index (χ1) is 12.0. The van der Waals surface area contributed by atoms with Crippen LogP contribution in [0.25, 0.3) is 10.8 Å². The predicted molar refractivity (Wildman–Crippen MR) is 98.4 cm³/mol. The Bertz CT molecular complexity index is 771. The van der Waals surface area contributed by atoms with Gasteiger partial charge in [0.25, 0.3) is 5.91 Å². The average Bonchev–Trinajstić information content (AvgIpc) is 2.63. The minimum Gasteiger partial charge on any atom is -0.449 e. The fraction of sp³-hybridized carbons (Fsp3) is 0.429. The number of hydrogen-bond acceptors (Lipinski definition) is 3. The number of esters is 1. The van der Waals surface area contributed by atoms with Crippen molar-refractivity contribution in [2.24, 2.45) is 5.92 Å². The van der Waals surface area contributed by atoms with Gasteiger partial charge in [-0.05, 0) is 48.6 Å². The van der Waals surface area contributed by atoms with Crippen LogP contribution in [0.2, 0.25) is 0 Å². The Morgan fingerprint density at radius 1 is 1.08 bits per heavy atom. The minimum absolute atomic E-state index is 0.183. The van der Waals surface area contributed by atoms with E-state index in [1.54, 1.807) is 19.1 Å². The van der Waals surface area contributed by atoms with Crippen molar-refractivity contribution in [1.82, 2.24) is 5.32 Å². The van der Waals surface area contributed by atoms with Crippen LogP contribution in [-0.2, 0) is 9.53 Å². The first-order valence-electron chi connectivity index (χ1n) is 9.05. The number of carbonyl (C=O) groups excluding carboxylic acids is 2. The first-order valence-corrected chi connectivity index (χ1v) is 9.05. The molecular weight excluding hydrogens is 314 g/mol. The highest BCUT2D eigenvalue weighted by Gasteiger charge is 2.26. The van der Waals surface area contributed by atoms with Crippen LogP contribution in [0.1, 0.15) is 49.9 Å². The fourth-order valence-corrected chi connectivity index (χ4v) is 3.43. The molecule has 1 saturated carbocycles. The molecule has 3 rings (SSSR count). The summed E-state index contributed by atoms with van der Waals surface area (Å²) < 4.78 is 5.37. The molecule has 132 valence electrons. The molecule has 0 heterocycles. The van der Waals surface area contributed by atoms with Crippen molar-refractivity contribution in [2.45, 2.75) is 51.7 Å². The van der Waals surface area contributed by atoms with Gasteiger partial charge in [-0.15, -0.1) is 0 Å². The van der Waals surface area contributed by atoms with E-state index in [0.29, 0.717) is 11.5 Å². The van der Waals surface area contributed by atoms with E-state index in [1.165, 1.54) is 6.42 Å². The lowest BCUT2D eigenvalue weighted by atomic mass is 9.86. The van der Waals surface area contributed by atoms with Crippen LogP contribution in [0.3, 0.4) is 0 Å². The minimum atomic E-state index is -0.798. The molecule has 25 heavy (non-hydrogen) atoms. The van der Waals surface area contributed by atoms with Gasteiger partial charge in [-0.25, -0.2) is 4.79 Å². The molecule has 4 nitrogen and oxygen atoms in total. The molecule has 1 amide bonds. The van der Waals surface area contributed by atoms with Gasteiger partial charge in [0.1, 0.15) is 0 Å². The van der Waals surface area contributed by atoms with Crippen molar-refractivity contribution in [1.29, 1.82) is 0 Å². The van der Waals surface area contributed by atoms with Gasteiger partial charge in [-0.1, -0.05) is 50.1 Å². The molecule has 0 spiro atoms. The van der Waals surface area contributed by atoms with E-state index in [-0.39, 0.29) is 11.9 Å². The zero-order valence-corrected chi connectivity index (χ0v) is 14.8. The second-order valence-electron chi connectivity index (χ2n) is 6.99. The molecule has 1 aliphatic carbocycles. The topological polar surface area (TPSA) is 55.4 Å². The van der Waals surface area contributed by atoms with Gasteiger partial charge in [-0.2, -0.15) is 0 Å². The molecule has 0 aromatic heterocycles. The van der Waals surface area contributed by atoms with Gasteiger partial charge in [-0.3, -0.25) is 4.79 Å². The van der Waals surface area contributed by atoms with Crippen molar-refractivity contribution < 1.29 is 14.3 Å². The number of benzene rings is 2. The van der Waals surface area contributed by atoms with Gasteiger partial charge in [0, 0.05) is 6.04 Å². The largest absolute Gasteiger partial charge is 0.449 e. The van der Waals surface area contributed by atoms with Gasteiger partial charge in [0.05, 0.1) is 5.56 Å². The lowest BCUT2D eigenvalue weighted by Crippen LogP contribution is -2.45. The van der Waals surface area contributed by atoms with Crippen molar-refractivity contribution in [2.75, 3.05) is 0 Å². The Hall–Kier alpha value is -2.36. The maximum atomic E-state index is 12.4. The normalized spacial score (nSPS) is 21.5. The quantitative estimate of drug-likeness (QED) is 0.854. The summed E-state index contributed by atoms with van der Waals surface area (Å²) in [4.78, 5) is 24.7. The average molecular weight is 339 g/mol. The standard InChI is InChI=1S/C21H25NO3/c1-14-7-3-6-10-19(14)22-20(23)15(2)25-21(24)18-12-11-16-8-4-5-9-17(16)13-18/h4-5,8-9,11-15,19H,3,6-7,10H2,1-2H3,(H,22,23)/t14-,15+,19+/m0/s1. The van der Waals surface area contributed by atoms with E-state index in [2.05, 4.69) is 12.2 Å². The summed E-state index contributed by atoms with van der Waals surface area (Å²) in [5.41, 5.74) is 0.462. The SMILES string of the molecule is C[C@@H](OC(=O)c1ccc2ccccc2c1)C(=O)N[C@@H]1CCCC[C@@H]1C. The molecule has 2 aromatic rings. The van der Waals surface area contributed by atoms with Crippen LogP contribution in [0.4, 0.5) is 0 Å². The van der Waals surface area contributed by atoms with Crippen LogP contribution in [-0.4, -0.2) is 24.0 Å². The van der Waals surface area contributed by atoms with E-state index in [0.717, 1.165) is 30.0 Å². The molecule has 1 N–H and O–H groups in total. The molecule has 2 aromatic carbocycles. The monoisotopic (exact) mass is 339 g/mol. The van der Waals surface area contributed by atoms with Crippen molar-refractivity contribution >= 4 is 22.6 Å². The summed E-state index contributed by atoms with van der Waals surface area (Å²) in [6.45, 7) is 3.79. The number of amides is 1. The summed E-state index contributed by atoms with van der Waals surface area (Å²) in [5.74, 6) is -0.209. The van der Waals surface area contributed by atoms with E-state index < -0.39 is 12.1 Å². The maximum absolute atomic E-state index is 12.4. The molecular formula is C21H25NO3. The molecule has 0 saturated heterocycles. The third-order valence-corrected chi connectivity index (χ3v) is 5.08. The number of hydrogen-bond donors (Lipinski definition) is 1. The highest BCUT2D eigenvalue weighted by molar-refractivity contribution is 5.96. The van der Waals surface area contributed by atoms with Crippen molar-refractivity contribution in [3.8, 4) is 0 Å². The van der Waals surface area contributed by atoms with Crippen LogP contribution >= 0.6 is 0 Å². The summed E-state index contributed by atoms with van der Waals surface area (Å²) in [7, 11) is 0. The van der Waals surface area contributed by atoms with E-state index in [1.807, 2.05) is 30.3 Å². The number of rotatable bonds is 4. The van der Waals surface area contributed by atoms with Crippen LogP contribution in [0.5, 0.6) is 0 Å². The van der Waals surface area contributed by atoms with E-state index in [9.17, 15) is 9.59 Å². The van der Waals surface area contributed by atoms with Crippen molar-refractivity contribution in [3.05, 3.63) is 48.0 Å². The first kappa shape index (κ1) is 17.5. The second-order valence-corrected chi connectivity index (χ2v) is 6.99. The maximum Gasteiger partial charge on any atom is 0.338 e. The Balaban J connectivity index is 1.61.